The Balaban J connectivity index is 1.55. The molecular weight excluding hydrogens is 372 g/mol. The van der Waals surface area contributed by atoms with Gasteiger partial charge in [-0.15, -0.1) is 0 Å². The summed E-state index contributed by atoms with van der Waals surface area (Å²) in [7, 11) is 0. The minimum Gasteiger partial charge on any atom is -0.435 e. The molecule has 0 saturated carbocycles. The smallest absolute Gasteiger partial charge is 0.387 e. The number of carbonyl (C=O) groups excluding carboxylic acids is 1. The molecule has 0 bridgehead atoms. The van der Waals surface area contributed by atoms with E-state index in [9.17, 15) is 18.4 Å². The number of alkyl halides is 2. The number of aromatic nitrogens is 2. The molecule has 0 unspecified atom stereocenters. The van der Waals surface area contributed by atoms with Crippen LogP contribution in [0.15, 0.2) is 41.3 Å². The Morgan fingerprint density at radius 2 is 2.07 bits per heavy atom. The summed E-state index contributed by atoms with van der Waals surface area (Å²) in [6.45, 7) is 0.247. The number of nitrogens with one attached hydrogen (secondary N) is 2. The van der Waals surface area contributed by atoms with Crippen molar-refractivity contribution in [2.45, 2.75) is 19.7 Å². The minimum atomic E-state index is -2.91. The number of nitrogens with zero attached hydrogens (tertiary/aromatic N) is 3. The standard InChI is InChI=1S/C18H21F2N5O3/c19-18(20)28-15-3-1-2-13(8-15)10-22-16(26)12-25-17(27)9-14(11-23-25)24-6-4-21-5-7-24/h1-3,8-9,11,18,21H,4-7,10,12H2,(H,22,26). The Labute approximate surface area is 160 Å². The average Bonchev–Trinajstić information content (AvgIpc) is 2.68. The van der Waals surface area contributed by atoms with Crippen LogP contribution in [0.1, 0.15) is 5.56 Å². The van der Waals surface area contributed by atoms with Crippen molar-refractivity contribution in [3.05, 3.63) is 52.4 Å². The van der Waals surface area contributed by atoms with E-state index in [0.29, 0.717) is 5.56 Å². The van der Waals surface area contributed by atoms with Gasteiger partial charge in [-0.1, -0.05) is 12.1 Å². The highest BCUT2D eigenvalue weighted by Gasteiger charge is 2.13. The summed E-state index contributed by atoms with van der Waals surface area (Å²) in [5, 5.41) is 9.94. The molecule has 1 amide bonds. The van der Waals surface area contributed by atoms with Crippen molar-refractivity contribution in [3.8, 4) is 5.75 Å². The maximum absolute atomic E-state index is 12.3. The predicted octanol–water partition coefficient (Wildman–Crippen LogP) is 0.571. The number of hydrogen-bond acceptors (Lipinski definition) is 6. The first-order valence-corrected chi connectivity index (χ1v) is 8.84. The van der Waals surface area contributed by atoms with Gasteiger partial charge in [-0.05, 0) is 17.7 Å². The number of piperazine rings is 1. The van der Waals surface area contributed by atoms with Gasteiger partial charge >= 0.3 is 6.61 Å². The van der Waals surface area contributed by atoms with Gasteiger partial charge in [0.15, 0.2) is 0 Å². The maximum atomic E-state index is 12.3. The van der Waals surface area contributed by atoms with E-state index in [-0.39, 0.29) is 24.4 Å². The molecule has 2 N–H and O–H groups in total. The van der Waals surface area contributed by atoms with Gasteiger partial charge in [-0.2, -0.15) is 13.9 Å². The molecule has 0 spiro atoms. The van der Waals surface area contributed by atoms with Gasteiger partial charge in [0.05, 0.1) is 11.9 Å². The molecule has 2 aromatic rings. The topological polar surface area (TPSA) is 88.5 Å². The fourth-order valence-electron chi connectivity index (χ4n) is 2.86. The predicted molar refractivity (Wildman–Crippen MR) is 98.5 cm³/mol. The number of hydrogen-bond donors (Lipinski definition) is 2. The highest BCUT2D eigenvalue weighted by Crippen LogP contribution is 2.15. The second-order valence-corrected chi connectivity index (χ2v) is 6.25. The second-order valence-electron chi connectivity index (χ2n) is 6.25. The molecule has 28 heavy (non-hydrogen) atoms. The lowest BCUT2D eigenvalue weighted by atomic mass is 10.2. The summed E-state index contributed by atoms with van der Waals surface area (Å²) in [6, 6.07) is 7.52. The van der Waals surface area contributed by atoms with Gasteiger partial charge in [-0.25, -0.2) is 4.68 Å². The molecule has 1 aromatic heterocycles. The lowest BCUT2D eigenvalue weighted by Gasteiger charge is -2.28. The number of carbonyl (C=O) groups is 1. The summed E-state index contributed by atoms with van der Waals surface area (Å²) in [5.74, 6) is -0.396. The van der Waals surface area contributed by atoms with Crippen LogP contribution >= 0.6 is 0 Å². The molecule has 1 aliphatic rings. The van der Waals surface area contributed by atoms with Crippen molar-refractivity contribution < 1.29 is 18.3 Å². The molecule has 0 aliphatic carbocycles. The number of benzene rings is 1. The van der Waals surface area contributed by atoms with Crippen LogP contribution < -0.4 is 25.8 Å². The molecule has 0 atom stereocenters. The van der Waals surface area contributed by atoms with Crippen LogP contribution in [0.5, 0.6) is 5.75 Å². The van der Waals surface area contributed by atoms with E-state index in [1.54, 1.807) is 18.3 Å². The van der Waals surface area contributed by atoms with E-state index in [1.807, 2.05) is 0 Å². The Morgan fingerprint density at radius 3 is 2.79 bits per heavy atom. The van der Waals surface area contributed by atoms with Crippen LogP contribution in [0.4, 0.5) is 14.5 Å². The third kappa shape index (κ3) is 5.49. The number of ether oxygens (including phenoxy) is 1. The molecule has 1 fully saturated rings. The summed E-state index contributed by atoms with van der Waals surface area (Å²) < 4.78 is 29.9. The van der Waals surface area contributed by atoms with Gasteiger partial charge < -0.3 is 20.3 Å². The molecule has 2 heterocycles. The first kappa shape index (κ1) is 19.7. The molecule has 1 aliphatic heterocycles. The Morgan fingerprint density at radius 1 is 1.29 bits per heavy atom. The number of anilines is 1. The molecular formula is C18H21F2N5O3. The molecule has 10 heteroatoms. The number of rotatable bonds is 7. The molecule has 8 nitrogen and oxygen atoms in total. The first-order valence-electron chi connectivity index (χ1n) is 8.84. The van der Waals surface area contributed by atoms with Gasteiger partial charge in [-0.3, -0.25) is 9.59 Å². The SMILES string of the molecule is O=C(Cn1ncc(N2CCNCC2)cc1=O)NCc1cccc(OC(F)F)c1. The normalized spacial score (nSPS) is 14.2. The van der Waals surface area contributed by atoms with Crippen molar-refractivity contribution in [2.24, 2.45) is 0 Å². The lowest BCUT2D eigenvalue weighted by molar-refractivity contribution is -0.122. The van der Waals surface area contributed by atoms with E-state index in [0.717, 1.165) is 36.5 Å². The van der Waals surface area contributed by atoms with Crippen molar-refractivity contribution in [3.63, 3.8) is 0 Å². The van der Waals surface area contributed by atoms with E-state index in [2.05, 4.69) is 25.4 Å². The molecule has 0 radical (unpaired) electrons. The third-order valence-corrected chi connectivity index (χ3v) is 4.24. The summed E-state index contributed by atoms with van der Waals surface area (Å²) in [6.07, 6.45) is 1.57. The lowest BCUT2D eigenvalue weighted by Crippen LogP contribution is -2.44. The van der Waals surface area contributed by atoms with Gasteiger partial charge in [0.2, 0.25) is 5.91 Å². The van der Waals surface area contributed by atoms with Crippen molar-refractivity contribution in [1.82, 2.24) is 20.4 Å². The Kier molecular flexibility index (Phi) is 6.53. The van der Waals surface area contributed by atoms with Crippen molar-refractivity contribution in [1.29, 1.82) is 0 Å². The second kappa shape index (κ2) is 9.27. The zero-order chi connectivity index (χ0) is 19.9. The Bertz CT molecular complexity index is 868. The largest absolute Gasteiger partial charge is 0.435 e. The van der Waals surface area contributed by atoms with Crippen LogP contribution in [-0.2, 0) is 17.9 Å². The highest BCUT2D eigenvalue weighted by atomic mass is 19.3. The number of amides is 1. The average molecular weight is 393 g/mol. The fraction of sp³-hybridized carbons (Fsp3) is 0.389. The van der Waals surface area contributed by atoms with Crippen LogP contribution in [0.2, 0.25) is 0 Å². The monoisotopic (exact) mass is 393 g/mol. The summed E-state index contributed by atoms with van der Waals surface area (Å²) in [4.78, 5) is 26.4. The summed E-state index contributed by atoms with van der Waals surface area (Å²) in [5.41, 5.74) is 0.971. The van der Waals surface area contributed by atoms with E-state index in [4.69, 9.17) is 0 Å². The van der Waals surface area contributed by atoms with Crippen LogP contribution in [0, 0.1) is 0 Å². The quantitative estimate of drug-likeness (QED) is 0.715. The molecule has 1 aromatic carbocycles. The Hall–Kier alpha value is -3.01. The fourth-order valence-corrected chi connectivity index (χ4v) is 2.86. The van der Waals surface area contributed by atoms with Crippen LogP contribution in [0.25, 0.3) is 0 Å². The third-order valence-electron chi connectivity index (χ3n) is 4.24. The maximum Gasteiger partial charge on any atom is 0.387 e. The first-order chi connectivity index (χ1) is 13.5. The molecule has 1 saturated heterocycles. The van der Waals surface area contributed by atoms with Gasteiger partial charge in [0.25, 0.3) is 5.56 Å². The molecule has 150 valence electrons. The van der Waals surface area contributed by atoms with E-state index < -0.39 is 12.5 Å². The van der Waals surface area contributed by atoms with Crippen molar-refractivity contribution >= 4 is 11.6 Å². The van der Waals surface area contributed by atoms with Crippen LogP contribution in [0.3, 0.4) is 0 Å². The minimum absolute atomic E-state index is 0.0168. The van der Waals surface area contributed by atoms with Gasteiger partial charge in [0.1, 0.15) is 12.3 Å². The van der Waals surface area contributed by atoms with E-state index >= 15 is 0 Å². The zero-order valence-corrected chi connectivity index (χ0v) is 15.1. The van der Waals surface area contributed by atoms with Gasteiger partial charge in [0, 0.05) is 38.8 Å². The van der Waals surface area contributed by atoms with Crippen molar-refractivity contribution in [2.75, 3.05) is 31.1 Å². The van der Waals surface area contributed by atoms with E-state index in [1.165, 1.54) is 18.2 Å². The van der Waals surface area contributed by atoms with Crippen LogP contribution in [-0.4, -0.2) is 48.5 Å². The zero-order valence-electron chi connectivity index (χ0n) is 15.1. The highest BCUT2D eigenvalue weighted by molar-refractivity contribution is 5.75. The molecule has 3 rings (SSSR count). The summed E-state index contributed by atoms with van der Waals surface area (Å²) >= 11 is 0. The number of halogens is 2.